The van der Waals surface area contributed by atoms with Crippen LogP contribution in [0.1, 0.15) is 28.8 Å². The maximum Gasteiger partial charge on any atom is 0.238 e. The highest BCUT2D eigenvalue weighted by molar-refractivity contribution is 6.09. The van der Waals surface area contributed by atoms with Crippen LogP contribution in [0.2, 0.25) is 0 Å². The van der Waals surface area contributed by atoms with Crippen molar-refractivity contribution >= 4 is 23.1 Å². The Morgan fingerprint density at radius 3 is 2.21 bits per heavy atom. The summed E-state index contributed by atoms with van der Waals surface area (Å²) in [4.78, 5) is 27.2. The molecule has 1 amide bonds. The van der Waals surface area contributed by atoms with Gasteiger partial charge in [0, 0.05) is 35.9 Å². The number of piperidine rings is 1. The van der Waals surface area contributed by atoms with E-state index >= 15 is 0 Å². The summed E-state index contributed by atoms with van der Waals surface area (Å²) in [5, 5.41) is 6.50. The van der Waals surface area contributed by atoms with Crippen LogP contribution in [0, 0.1) is 0 Å². The average molecular weight is 444 g/mol. The van der Waals surface area contributed by atoms with Crippen molar-refractivity contribution in [3.05, 3.63) is 90.0 Å². The second-order valence-electron chi connectivity index (χ2n) is 8.22. The standard InChI is InChI=1S/C27H29N3O3/c1-33-25-10-6-5-9-24(25)28-23-15-17-30(18-16-23)19-26(31)29-22-13-11-21(12-14-22)27(32)20-7-3-2-4-8-20/h2-14,23,28H,15-19H2,1H3,(H,29,31). The number of nitrogens with one attached hydrogen (secondary N) is 2. The van der Waals surface area contributed by atoms with Crippen LogP contribution in [0.5, 0.6) is 5.75 Å². The number of hydrogen-bond donors (Lipinski definition) is 2. The van der Waals surface area contributed by atoms with Crippen LogP contribution >= 0.6 is 0 Å². The molecule has 1 heterocycles. The molecule has 0 aliphatic carbocycles. The van der Waals surface area contributed by atoms with Gasteiger partial charge in [-0.1, -0.05) is 42.5 Å². The molecule has 0 atom stereocenters. The van der Waals surface area contributed by atoms with Gasteiger partial charge in [0.1, 0.15) is 5.75 Å². The molecule has 170 valence electrons. The number of likely N-dealkylation sites (tertiary alicyclic amines) is 1. The summed E-state index contributed by atoms with van der Waals surface area (Å²) in [6.45, 7) is 2.06. The van der Waals surface area contributed by atoms with E-state index in [2.05, 4.69) is 15.5 Å². The van der Waals surface area contributed by atoms with Gasteiger partial charge in [-0.05, 0) is 49.2 Å². The van der Waals surface area contributed by atoms with E-state index in [1.807, 2.05) is 42.5 Å². The number of methoxy groups -OCH3 is 1. The van der Waals surface area contributed by atoms with E-state index < -0.39 is 0 Å². The van der Waals surface area contributed by atoms with Crippen molar-refractivity contribution in [2.45, 2.75) is 18.9 Å². The molecule has 0 radical (unpaired) electrons. The van der Waals surface area contributed by atoms with E-state index in [9.17, 15) is 9.59 Å². The number of hydrogen-bond acceptors (Lipinski definition) is 5. The van der Waals surface area contributed by atoms with Gasteiger partial charge in [-0.15, -0.1) is 0 Å². The summed E-state index contributed by atoms with van der Waals surface area (Å²) in [5.74, 6) is 0.766. The van der Waals surface area contributed by atoms with Gasteiger partial charge in [-0.3, -0.25) is 14.5 Å². The Labute approximate surface area is 194 Å². The molecule has 4 rings (SSSR count). The number of benzene rings is 3. The van der Waals surface area contributed by atoms with Crippen molar-refractivity contribution in [2.75, 3.05) is 37.4 Å². The lowest BCUT2D eigenvalue weighted by atomic mass is 10.0. The molecule has 0 aromatic heterocycles. The van der Waals surface area contributed by atoms with Gasteiger partial charge in [0.25, 0.3) is 0 Å². The molecule has 0 bridgehead atoms. The molecule has 1 aliphatic heterocycles. The first-order valence-electron chi connectivity index (χ1n) is 11.2. The van der Waals surface area contributed by atoms with E-state index in [-0.39, 0.29) is 11.7 Å². The summed E-state index contributed by atoms with van der Waals surface area (Å²) in [6, 6.07) is 24.5. The topological polar surface area (TPSA) is 70.7 Å². The molecule has 2 N–H and O–H groups in total. The largest absolute Gasteiger partial charge is 0.495 e. The van der Waals surface area contributed by atoms with Crippen molar-refractivity contribution in [3.8, 4) is 5.75 Å². The maximum absolute atomic E-state index is 12.5. The number of anilines is 2. The summed E-state index contributed by atoms with van der Waals surface area (Å²) in [6.07, 6.45) is 1.92. The van der Waals surface area contributed by atoms with Gasteiger partial charge < -0.3 is 15.4 Å². The number of ketones is 1. The van der Waals surface area contributed by atoms with Gasteiger partial charge in [-0.25, -0.2) is 0 Å². The predicted molar refractivity (Wildman–Crippen MR) is 131 cm³/mol. The van der Waals surface area contributed by atoms with Crippen molar-refractivity contribution in [1.82, 2.24) is 4.90 Å². The molecule has 3 aromatic rings. The Morgan fingerprint density at radius 1 is 0.879 bits per heavy atom. The van der Waals surface area contributed by atoms with Crippen LogP contribution < -0.4 is 15.4 Å². The summed E-state index contributed by atoms with van der Waals surface area (Å²) < 4.78 is 5.42. The second-order valence-corrected chi connectivity index (χ2v) is 8.22. The first kappa shape index (κ1) is 22.6. The lowest BCUT2D eigenvalue weighted by Gasteiger charge is -2.32. The third-order valence-electron chi connectivity index (χ3n) is 5.89. The number of amides is 1. The Kier molecular flexibility index (Phi) is 7.37. The fourth-order valence-electron chi connectivity index (χ4n) is 4.08. The molecule has 6 nitrogen and oxygen atoms in total. The Balaban J connectivity index is 1.24. The summed E-state index contributed by atoms with van der Waals surface area (Å²) in [5.41, 5.74) is 2.95. The molecule has 0 spiro atoms. The smallest absolute Gasteiger partial charge is 0.238 e. The predicted octanol–water partition coefficient (Wildman–Crippen LogP) is 4.44. The highest BCUT2D eigenvalue weighted by Gasteiger charge is 2.21. The van der Waals surface area contributed by atoms with Crippen LogP contribution in [0.4, 0.5) is 11.4 Å². The highest BCUT2D eigenvalue weighted by Crippen LogP contribution is 2.26. The molecule has 0 saturated carbocycles. The first-order chi connectivity index (χ1) is 16.1. The van der Waals surface area contributed by atoms with E-state index in [0.29, 0.717) is 29.4 Å². The zero-order valence-corrected chi connectivity index (χ0v) is 18.8. The minimum absolute atomic E-state index is 0.0296. The number of nitrogens with zero attached hydrogens (tertiary/aromatic N) is 1. The van der Waals surface area contributed by atoms with Crippen molar-refractivity contribution < 1.29 is 14.3 Å². The van der Waals surface area contributed by atoms with Crippen molar-refractivity contribution in [1.29, 1.82) is 0 Å². The minimum Gasteiger partial charge on any atom is -0.495 e. The second kappa shape index (κ2) is 10.8. The van der Waals surface area contributed by atoms with Crippen LogP contribution in [-0.2, 0) is 4.79 Å². The van der Waals surface area contributed by atoms with Gasteiger partial charge in [0.15, 0.2) is 5.78 Å². The Hall–Kier alpha value is -3.64. The zero-order chi connectivity index (χ0) is 23.0. The van der Waals surface area contributed by atoms with Gasteiger partial charge in [-0.2, -0.15) is 0 Å². The van der Waals surface area contributed by atoms with E-state index in [0.717, 1.165) is 37.4 Å². The monoisotopic (exact) mass is 443 g/mol. The number of ether oxygens (including phenoxy) is 1. The zero-order valence-electron chi connectivity index (χ0n) is 18.8. The summed E-state index contributed by atoms with van der Waals surface area (Å²) in [7, 11) is 1.68. The molecule has 0 unspecified atom stereocenters. The van der Waals surface area contributed by atoms with Crippen LogP contribution in [0.15, 0.2) is 78.9 Å². The Morgan fingerprint density at radius 2 is 1.52 bits per heavy atom. The lowest BCUT2D eigenvalue weighted by Crippen LogP contribution is -2.42. The number of carbonyl (C=O) groups excluding carboxylic acids is 2. The van der Waals surface area contributed by atoms with Gasteiger partial charge >= 0.3 is 0 Å². The number of rotatable bonds is 8. The Bertz CT molecular complexity index is 1080. The fraction of sp³-hybridized carbons (Fsp3) is 0.259. The number of carbonyl (C=O) groups is 2. The van der Waals surface area contributed by atoms with E-state index in [1.54, 1.807) is 43.5 Å². The fourth-order valence-corrected chi connectivity index (χ4v) is 4.08. The van der Waals surface area contributed by atoms with Crippen LogP contribution in [0.25, 0.3) is 0 Å². The molecule has 1 saturated heterocycles. The van der Waals surface area contributed by atoms with E-state index in [1.165, 1.54) is 0 Å². The minimum atomic E-state index is -0.0479. The third kappa shape index (κ3) is 5.99. The third-order valence-corrected chi connectivity index (χ3v) is 5.89. The quantitative estimate of drug-likeness (QED) is 0.504. The van der Waals surface area contributed by atoms with Gasteiger partial charge in [0.05, 0.1) is 19.3 Å². The average Bonchev–Trinajstić information content (AvgIpc) is 2.86. The molecule has 3 aromatic carbocycles. The molecule has 33 heavy (non-hydrogen) atoms. The molecular weight excluding hydrogens is 414 g/mol. The molecule has 6 heteroatoms. The molecule has 1 aliphatic rings. The van der Waals surface area contributed by atoms with Gasteiger partial charge in [0.2, 0.25) is 5.91 Å². The maximum atomic E-state index is 12.5. The van der Waals surface area contributed by atoms with E-state index in [4.69, 9.17) is 4.74 Å². The van der Waals surface area contributed by atoms with Crippen LogP contribution in [-0.4, -0.2) is 49.4 Å². The van der Waals surface area contributed by atoms with Crippen molar-refractivity contribution in [3.63, 3.8) is 0 Å². The molecule has 1 fully saturated rings. The number of para-hydroxylation sites is 2. The normalized spacial score (nSPS) is 14.5. The molecular formula is C27H29N3O3. The first-order valence-corrected chi connectivity index (χ1v) is 11.2. The summed E-state index contributed by atoms with van der Waals surface area (Å²) >= 11 is 0. The SMILES string of the molecule is COc1ccccc1NC1CCN(CC(=O)Nc2ccc(C(=O)c3ccccc3)cc2)CC1. The highest BCUT2D eigenvalue weighted by atomic mass is 16.5. The lowest BCUT2D eigenvalue weighted by molar-refractivity contribution is -0.117. The van der Waals surface area contributed by atoms with Crippen LogP contribution in [0.3, 0.4) is 0 Å². The van der Waals surface area contributed by atoms with Crippen molar-refractivity contribution in [2.24, 2.45) is 0 Å².